The number of hydrogen-bond acceptors (Lipinski definition) is 3. The van der Waals surface area contributed by atoms with Gasteiger partial charge < -0.3 is 10.3 Å². The van der Waals surface area contributed by atoms with Crippen LogP contribution in [-0.4, -0.2) is 26.4 Å². The van der Waals surface area contributed by atoms with Crippen molar-refractivity contribution in [2.45, 2.75) is 43.4 Å². The lowest BCUT2D eigenvalue weighted by molar-refractivity contribution is -0.110. The maximum atomic E-state index is 12.5. The number of amides is 1. The van der Waals surface area contributed by atoms with Gasteiger partial charge in [-0.2, -0.15) is 0 Å². The maximum Gasteiger partial charge on any atom is 0.256 e. The van der Waals surface area contributed by atoms with Crippen LogP contribution >= 0.6 is 0 Å². The van der Waals surface area contributed by atoms with Gasteiger partial charge in [0.15, 0.2) is 0 Å². The summed E-state index contributed by atoms with van der Waals surface area (Å²) >= 11 is 0. The molecule has 2 aromatic rings. The highest BCUT2D eigenvalue weighted by molar-refractivity contribution is 7.89. The number of fused-ring (bicyclic) bond motifs is 2. The lowest BCUT2D eigenvalue weighted by Crippen LogP contribution is -2.18. The number of carbonyl (C=O) groups excluding carboxylic acids is 1. The second kappa shape index (κ2) is 6.65. The smallest absolute Gasteiger partial charge is 0.256 e. The Kier molecular flexibility index (Phi) is 4.44. The largest absolute Gasteiger partial charge is 0.359 e. The van der Waals surface area contributed by atoms with Crippen molar-refractivity contribution in [2.75, 3.05) is 12.4 Å². The normalized spacial score (nSPS) is 20.4. The van der Waals surface area contributed by atoms with Crippen LogP contribution in [0, 0.1) is 0 Å². The van der Waals surface area contributed by atoms with Crippen molar-refractivity contribution >= 4 is 33.3 Å². The SMILES string of the molecule is CCC1CCCc2[nH]c(C=C3C(=O)Nc4ccc(S(=O)(=O)NC)cc43)cc21. The summed E-state index contributed by atoms with van der Waals surface area (Å²) in [5.41, 5.74) is 5.20. The molecular weight excluding hydrogens is 362 g/mol. The van der Waals surface area contributed by atoms with Crippen LogP contribution in [0.4, 0.5) is 5.69 Å². The molecule has 7 heteroatoms. The fourth-order valence-corrected chi connectivity index (χ4v) is 4.80. The molecule has 6 nitrogen and oxygen atoms in total. The van der Waals surface area contributed by atoms with E-state index in [0.717, 1.165) is 18.5 Å². The molecule has 0 radical (unpaired) electrons. The van der Waals surface area contributed by atoms with Gasteiger partial charge in [-0.05, 0) is 74.6 Å². The molecule has 1 atom stereocenters. The second-order valence-corrected chi connectivity index (χ2v) is 8.97. The van der Waals surface area contributed by atoms with E-state index in [1.807, 2.05) is 6.08 Å². The van der Waals surface area contributed by atoms with Crippen LogP contribution in [0.5, 0.6) is 0 Å². The standard InChI is InChI=1S/C20H23N3O3S/c1-3-12-5-4-6-18-15(12)9-13(22-18)10-17-16-11-14(27(25,26)21-2)7-8-19(16)23-20(17)24/h7-12,21-22H,3-6H2,1-2H3,(H,23,24). The quantitative estimate of drug-likeness (QED) is 0.706. The van der Waals surface area contributed by atoms with Gasteiger partial charge in [-0.15, -0.1) is 0 Å². The Labute approximate surface area is 159 Å². The summed E-state index contributed by atoms with van der Waals surface area (Å²) in [4.78, 5) is 16.1. The minimum absolute atomic E-state index is 0.142. The molecular formula is C20H23N3O3S. The van der Waals surface area contributed by atoms with Crippen molar-refractivity contribution in [2.24, 2.45) is 0 Å². The average molecular weight is 385 g/mol. The van der Waals surface area contributed by atoms with Crippen LogP contribution in [0.25, 0.3) is 11.6 Å². The van der Waals surface area contributed by atoms with E-state index in [0.29, 0.717) is 22.7 Å². The lowest BCUT2D eigenvalue weighted by atomic mass is 9.85. The van der Waals surface area contributed by atoms with Gasteiger partial charge in [0.1, 0.15) is 0 Å². The minimum atomic E-state index is -3.57. The van der Waals surface area contributed by atoms with Crippen molar-refractivity contribution < 1.29 is 13.2 Å². The molecule has 3 N–H and O–H groups in total. The molecule has 0 bridgehead atoms. The molecule has 1 unspecified atom stereocenters. The van der Waals surface area contributed by atoms with Gasteiger partial charge in [-0.25, -0.2) is 13.1 Å². The van der Waals surface area contributed by atoms with E-state index < -0.39 is 10.0 Å². The van der Waals surface area contributed by atoms with Crippen LogP contribution in [0.3, 0.4) is 0 Å². The molecule has 142 valence electrons. The number of aromatic nitrogens is 1. The van der Waals surface area contributed by atoms with Crippen molar-refractivity contribution in [1.29, 1.82) is 0 Å². The fourth-order valence-electron chi connectivity index (χ4n) is 4.04. The maximum absolute atomic E-state index is 12.5. The van der Waals surface area contributed by atoms with E-state index in [9.17, 15) is 13.2 Å². The highest BCUT2D eigenvalue weighted by Gasteiger charge is 2.27. The number of rotatable bonds is 4. The molecule has 27 heavy (non-hydrogen) atoms. The lowest BCUT2D eigenvalue weighted by Gasteiger charge is -2.20. The first-order chi connectivity index (χ1) is 12.9. The van der Waals surface area contributed by atoms with Crippen molar-refractivity contribution in [3.8, 4) is 0 Å². The molecule has 1 aliphatic heterocycles. The topological polar surface area (TPSA) is 91.1 Å². The van der Waals surface area contributed by atoms with Gasteiger partial charge in [0, 0.05) is 22.6 Å². The zero-order chi connectivity index (χ0) is 19.2. The van der Waals surface area contributed by atoms with E-state index in [1.54, 1.807) is 12.1 Å². The van der Waals surface area contributed by atoms with Crippen LogP contribution < -0.4 is 10.0 Å². The number of anilines is 1. The number of aryl methyl sites for hydroxylation is 1. The van der Waals surface area contributed by atoms with E-state index in [-0.39, 0.29) is 10.8 Å². The van der Waals surface area contributed by atoms with Gasteiger partial charge in [0.2, 0.25) is 10.0 Å². The summed E-state index contributed by atoms with van der Waals surface area (Å²) in [5.74, 6) is 0.345. The number of H-pyrrole nitrogens is 1. The number of sulfonamides is 1. The monoisotopic (exact) mass is 385 g/mol. The first kappa shape index (κ1) is 18.0. The number of nitrogens with one attached hydrogen (secondary N) is 3. The summed E-state index contributed by atoms with van der Waals surface area (Å²) in [6.07, 6.45) is 6.34. The predicted molar refractivity (Wildman–Crippen MR) is 106 cm³/mol. The molecule has 0 fully saturated rings. The van der Waals surface area contributed by atoms with Crippen LogP contribution in [0.1, 0.15) is 54.6 Å². The van der Waals surface area contributed by atoms with Gasteiger partial charge in [0.05, 0.1) is 10.5 Å². The van der Waals surface area contributed by atoms with E-state index in [1.165, 1.54) is 37.2 Å². The third-order valence-corrected chi connectivity index (χ3v) is 6.93. The minimum Gasteiger partial charge on any atom is -0.359 e. The molecule has 2 aliphatic rings. The van der Waals surface area contributed by atoms with Gasteiger partial charge in [-0.1, -0.05) is 6.92 Å². The molecule has 1 aliphatic carbocycles. The van der Waals surface area contributed by atoms with Crippen molar-refractivity contribution in [3.63, 3.8) is 0 Å². The van der Waals surface area contributed by atoms with Crippen molar-refractivity contribution in [1.82, 2.24) is 9.71 Å². The fraction of sp³-hybridized carbons (Fsp3) is 0.350. The Morgan fingerprint density at radius 2 is 2.11 bits per heavy atom. The molecule has 4 rings (SSSR count). The molecule has 1 amide bonds. The summed E-state index contributed by atoms with van der Waals surface area (Å²) < 4.78 is 26.5. The van der Waals surface area contributed by atoms with E-state index >= 15 is 0 Å². The highest BCUT2D eigenvalue weighted by atomic mass is 32.2. The highest BCUT2D eigenvalue weighted by Crippen LogP contribution is 2.37. The van der Waals surface area contributed by atoms with Crippen LogP contribution in [0.2, 0.25) is 0 Å². The molecule has 2 heterocycles. The van der Waals surface area contributed by atoms with E-state index in [2.05, 4.69) is 28.0 Å². The zero-order valence-electron chi connectivity index (χ0n) is 15.4. The molecule has 1 aromatic heterocycles. The Morgan fingerprint density at radius 1 is 1.30 bits per heavy atom. The molecule has 0 spiro atoms. The Bertz CT molecular complexity index is 1050. The Balaban J connectivity index is 1.77. The first-order valence-electron chi connectivity index (χ1n) is 9.25. The average Bonchev–Trinajstić information content (AvgIpc) is 3.22. The summed E-state index contributed by atoms with van der Waals surface area (Å²) in [6, 6.07) is 6.80. The number of hydrogen-bond donors (Lipinski definition) is 3. The molecule has 0 saturated carbocycles. The first-order valence-corrected chi connectivity index (χ1v) is 10.7. The van der Waals surface area contributed by atoms with Gasteiger partial charge in [-0.3, -0.25) is 4.79 Å². The number of carbonyl (C=O) groups is 1. The van der Waals surface area contributed by atoms with Gasteiger partial charge in [0.25, 0.3) is 5.91 Å². The number of benzene rings is 1. The second-order valence-electron chi connectivity index (χ2n) is 7.08. The third kappa shape index (κ3) is 3.11. The predicted octanol–water partition coefficient (Wildman–Crippen LogP) is 3.25. The molecule has 0 saturated heterocycles. The summed E-state index contributed by atoms with van der Waals surface area (Å²) in [5, 5.41) is 2.81. The van der Waals surface area contributed by atoms with Crippen LogP contribution in [0.15, 0.2) is 29.2 Å². The number of aromatic amines is 1. The zero-order valence-corrected chi connectivity index (χ0v) is 16.2. The van der Waals surface area contributed by atoms with Crippen molar-refractivity contribution in [3.05, 3.63) is 46.8 Å². The Hall–Kier alpha value is -2.38. The summed E-state index contributed by atoms with van der Waals surface area (Å²) in [7, 11) is -2.20. The Morgan fingerprint density at radius 3 is 2.85 bits per heavy atom. The third-order valence-electron chi connectivity index (χ3n) is 5.52. The molecule has 1 aromatic carbocycles. The van der Waals surface area contributed by atoms with Gasteiger partial charge >= 0.3 is 0 Å². The summed E-state index contributed by atoms with van der Waals surface area (Å²) in [6.45, 7) is 2.20. The van der Waals surface area contributed by atoms with Crippen LogP contribution in [-0.2, 0) is 21.2 Å². The van der Waals surface area contributed by atoms with E-state index in [4.69, 9.17) is 0 Å².